The van der Waals surface area contributed by atoms with Crippen molar-refractivity contribution in [1.29, 1.82) is 0 Å². The second-order valence-electron chi connectivity index (χ2n) is 4.56. The molecule has 0 bridgehead atoms. The highest BCUT2D eigenvalue weighted by Gasteiger charge is 2.13. The van der Waals surface area contributed by atoms with Gasteiger partial charge in [0.1, 0.15) is 5.82 Å². The van der Waals surface area contributed by atoms with Gasteiger partial charge in [-0.1, -0.05) is 26.5 Å². The molecule has 0 saturated carbocycles. The Hall–Kier alpha value is -1.51. The monoisotopic (exact) mass is 217 g/mol. The van der Waals surface area contributed by atoms with Crippen LogP contribution in [0.2, 0.25) is 0 Å². The van der Waals surface area contributed by atoms with Crippen LogP contribution in [0.5, 0.6) is 0 Å². The van der Waals surface area contributed by atoms with Crippen LogP contribution in [0, 0.1) is 0 Å². The molecule has 1 aliphatic rings. The number of aromatic nitrogens is 1. The summed E-state index contributed by atoms with van der Waals surface area (Å²) < 4.78 is 0. The molecule has 1 saturated heterocycles. The molecule has 3 nitrogen and oxygen atoms in total. The zero-order valence-electron chi connectivity index (χ0n) is 10.0. The van der Waals surface area contributed by atoms with Crippen LogP contribution in [-0.4, -0.2) is 24.6 Å². The summed E-state index contributed by atoms with van der Waals surface area (Å²) >= 11 is 0. The van der Waals surface area contributed by atoms with Crippen molar-refractivity contribution < 1.29 is 0 Å². The van der Waals surface area contributed by atoms with Gasteiger partial charge in [-0.15, -0.1) is 0 Å². The molecule has 2 rings (SSSR count). The predicted octanol–water partition coefficient (Wildman–Crippen LogP) is 2.13. The maximum Gasteiger partial charge on any atom is 0.128 e. The fourth-order valence-electron chi connectivity index (χ4n) is 1.85. The molecule has 0 amide bonds. The molecule has 0 atom stereocenters. The molecule has 0 unspecified atom stereocenters. The molecule has 2 heterocycles. The molecule has 86 valence electrons. The molecule has 1 fully saturated rings. The van der Waals surface area contributed by atoms with Crippen molar-refractivity contribution in [1.82, 2.24) is 10.3 Å². The van der Waals surface area contributed by atoms with Crippen LogP contribution >= 0.6 is 0 Å². The van der Waals surface area contributed by atoms with Crippen LogP contribution in [0.1, 0.15) is 25.3 Å². The van der Waals surface area contributed by atoms with Gasteiger partial charge in [0.05, 0.1) is 6.54 Å². The van der Waals surface area contributed by atoms with Gasteiger partial charge in [0.25, 0.3) is 0 Å². The fraction of sp³-hybridized carbons (Fsp3) is 0.462. The Morgan fingerprint density at radius 3 is 2.81 bits per heavy atom. The Kier molecular flexibility index (Phi) is 3.13. The Balaban J connectivity index is 2.11. The molecule has 0 aromatic carbocycles. The first-order valence-electron chi connectivity index (χ1n) is 5.79. The average molecular weight is 217 g/mol. The highest BCUT2D eigenvalue weighted by Crippen LogP contribution is 2.18. The van der Waals surface area contributed by atoms with Gasteiger partial charge in [0, 0.05) is 25.0 Å². The normalized spacial score (nSPS) is 16.4. The first-order valence-corrected chi connectivity index (χ1v) is 5.79. The summed E-state index contributed by atoms with van der Waals surface area (Å²) in [5, 5.41) is 3.25. The average Bonchev–Trinajstić information content (AvgIpc) is 2.29. The number of pyridine rings is 1. The highest BCUT2D eigenvalue weighted by atomic mass is 15.2. The van der Waals surface area contributed by atoms with Crippen molar-refractivity contribution in [2.75, 3.05) is 24.5 Å². The first kappa shape index (κ1) is 11.0. The zero-order chi connectivity index (χ0) is 11.5. The van der Waals surface area contributed by atoms with E-state index in [9.17, 15) is 0 Å². The largest absolute Gasteiger partial charge is 0.386 e. The Labute approximate surface area is 97.2 Å². The molecule has 0 radical (unpaired) electrons. The summed E-state index contributed by atoms with van der Waals surface area (Å²) in [7, 11) is 0. The van der Waals surface area contributed by atoms with Crippen LogP contribution in [-0.2, 0) is 0 Å². The van der Waals surface area contributed by atoms with Crippen LogP contribution in [0.3, 0.4) is 0 Å². The number of hydrogen-bond donors (Lipinski definition) is 1. The minimum absolute atomic E-state index is 0.541. The first-order chi connectivity index (χ1) is 7.66. The number of nitrogens with one attached hydrogen (secondary N) is 1. The number of hydrogen-bond acceptors (Lipinski definition) is 3. The second-order valence-corrected chi connectivity index (χ2v) is 4.56. The van der Waals surface area contributed by atoms with Crippen molar-refractivity contribution >= 4 is 5.82 Å². The van der Waals surface area contributed by atoms with E-state index >= 15 is 0 Å². The fourth-order valence-corrected chi connectivity index (χ4v) is 1.85. The highest BCUT2D eigenvalue weighted by molar-refractivity contribution is 5.42. The molecular weight excluding hydrogens is 198 g/mol. The molecule has 3 heteroatoms. The van der Waals surface area contributed by atoms with Gasteiger partial charge in [-0.05, 0) is 17.5 Å². The van der Waals surface area contributed by atoms with E-state index in [1.807, 2.05) is 6.20 Å². The van der Waals surface area contributed by atoms with E-state index in [2.05, 4.69) is 47.8 Å². The van der Waals surface area contributed by atoms with Crippen molar-refractivity contribution in [3.63, 3.8) is 0 Å². The van der Waals surface area contributed by atoms with Crippen molar-refractivity contribution in [3.8, 4) is 0 Å². The minimum atomic E-state index is 0.541. The molecule has 0 spiro atoms. The van der Waals surface area contributed by atoms with Crippen molar-refractivity contribution in [2.24, 2.45) is 0 Å². The lowest BCUT2D eigenvalue weighted by molar-refractivity contribution is 0.656. The molecule has 1 aliphatic heterocycles. The van der Waals surface area contributed by atoms with E-state index in [1.54, 1.807) is 0 Å². The van der Waals surface area contributed by atoms with Gasteiger partial charge in [0.2, 0.25) is 0 Å². The molecule has 0 aliphatic carbocycles. The Morgan fingerprint density at radius 2 is 2.25 bits per heavy atom. The summed E-state index contributed by atoms with van der Waals surface area (Å²) in [5.74, 6) is 1.59. The predicted molar refractivity (Wildman–Crippen MR) is 67.7 cm³/mol. The van der Waals surface area contributed by atoms with E-state index in [1.165, 1.54) is 5.56 Å². The number of rotatable bonds is 2. The van der Waals surface area contributed by atoms with Crippen LogP contribution in [0.15, 0.2) is 30.6 Å². The van der Waals surface area contributed by atoms with E-state index in [4.69, 9.17) is 0 Å². The number of piperazine rings is 1. The Morgan fingerprint density at radius 1 is 1.44 bits per heavy atom. The Bertz CT molecular complexity index is 367. The van der Waals surface area contributed by atoms with Crippen LogP contribution in [0.25, 0.3) is 0 Å². The lowest BCUT2D eigenvalue weighted by Crippen LogP contribution is -2.42. The van der Waals surface area contributed by atoms with Gasteiger partial charge >= 0.3 is 0 Å². The zero-order valence-corrected chi connectivity index (χ0v) is 10.0. The van der Waals surface area contributed by atoms with Gasteiger partial charge < -0.3 is 10.2 Å². The van der Waals surface area contributed by atoms with E-state index in [0.717, 1.165) is 31.1 Å². The summed E-state index contributed by atoms with van der Waals surface area (Å²) in [6.45, 7) is 11.1. The SMILES string of the molecule is C=C1CN(c2ccc(C(C)C)cn2)CCN1. The van der Waals surface area contributed by atoms with E-state index in [0.29, 0.717) is 5.92 Å². The van der Waals surface area contributed by atoms with Gasteiger partial charge in [-0.3, -0.25) is 0 Å². The van der Waals surface area contributed by atoms with Gasteiger partial charge in [0.15, 0.2) is 0 Å². The van der Waals surface area contributed by atoms with Gasteiger partial charge in [-0.25, -0.2) is 4.98 Å². The maximum absolute atomic E-state index is 4.52. The van der Waals surface area contributed by atoms with Crippen molar-refractivity contribution in [2.45, 2.75) is 19.8 Å². The molecule has 16 heavy (non-hydrogen) atoms. The lowest BCUT2D eigenvalue weighted by Gasteiger charge is -2.30. The summed E-state index contributed by atoms with van der Waals surface area (Å²) in [6.07, 6.45) is 1.98. The third kappa shape index (κ3) is 2.35. The third-order valence-electron chi connectivity index (χ3n) is 2.90. The standard InChI is InChI=1S/C13H19N3/c1-10(2)12-4-5-13(15-8-12)16-7-6-14-11(3)9-16/h4-5,8,10,14H,3,6-7,9H2,1-2H3. The number of nitrogens with zero attached hydrogens (tertiary/aromatic N) is 2. The van der Waals surface area contributed by atoms with E-state index in [-0.39, 0.29) is 0 Å². The van der Waals surface area contributed by atoms with Crippen LogP contribution in [0.4, 0.5) is 5.82 Å². The minimum Gasteiger partial charge on any atom is -0.386 e. The second kappa shape index (κ2) is 4.56. The van der Waals surface area contributed by atoms with E-state index < -0.39 is 0 Å². The van der Waals surface area contributed by atoms with Gasteiger partial charge in [-0.2, -0.15) is 0 Å². The maximum atomic E-state index is 4.52. The lowest BCUT2D eigenvalue weighted by atomic mass is 10.1. The van der Waals surface area contributed by atoms with Crippen molar-refractivity contribution in [3.05, 3.63) is 36.2 Å². The van der Waals surface area contributed by atoms with Crippen LogP contribution < -0.4 is 10.2 Å². The molecule has 1 aromatic rings. The molecule has 1 N–H and O–H groups in total. The summed E-state index contributed by atoms with van der Waals surface area (Å²) in [4.78, 5) is 6.77. The topological polar surface area (TPSA) is 28.2 Å². The third-order valence-corrected chi connectivity index (χ3v) is 2.90. The summed E-state index contributed by atoms with van der Waals surface area (Å²) in [6, 6.07) is 4.27. The smallest absolute Gasteiger partial charge is 0.128 e. The molecule has 1 aromatic heterocycles. The number of anilines is 1. The summed E-state index contributed by atoms with van der Waals surface area (Å²) in [5.41, 5.74) is 2.36. The molecular formula is C13H19N3. The quantitative estimate of drug-likeness (QED) is 0.822.